The van der Waals surface area contributed by atoms with Crippen LogP contribution in [0.1, 0.15) is 47.8 Å². The molecule has 1 aliphatic heterocycles. The van der Waals surface area contributed by atoms with Gasteiger partial charge in [0.1, 0.15) is 0 Å². The monoisotopic (exact) mass is 350 g/mol. The Morgan fingerprint density at radius 1 is 1.00 bits per heavy atom. The number of amides is 1. The lowest BCUT2D eigenvalue weighted by atomic mass is 9.87. The molecule has 136 valence electrons. The summed E-state index contributed by atoms with van der Waals surface area (Å²) in [6.45, 7) is 9.62. The van der Waals surface area contributed by atoms with E-state index < -0.39 is 11.7 Å². The molecule has 0 fully saturated rings. The predicted octanol–water partition coefficient (Wildman–Crippen LogP) is 3.91. The molecule has 1 heterocycles. The Balaban J connectivity index is 1.72. The molecule has 26 heavy (non-hydrogen) atoms. The molecule has 0 aromatic heterocycles. The SMILES string of the molecule is Cc1ccc2c(c1)C(=O)C(=O)N2CN(C)Cc1ccc(C(C)(C)C)cc1. The third kappa shape index (κ3) is 3.56. The first kappa shape index (κ1) is 18.3. The zero-order valence-electron chi connectivity index (χ0n) is 16.2. The number of anilines is 1. The topological polar surface area (TPSA) is 40.6 Å². The summed E-state index contributed by atoms with van der Waals surface area (Å²) in [6.07, 6.45) is 0. The molecule has 0 spiro atoms. The van der Waals surface area contributed by atoms with E-state index in [-0.39, 0.29) is 5.41 Å². The summed E-state index contributed by atoms with van der Waals surface area (Å²) >= 11 is 0. The molecule has 0 atom stereocenters. The lowest BCUT2D eigenvalue weighted by Crippen LogP contribution is -2.38. The summed E-state index contributed by atoms with van der Waals surface area (Å²) in [7, 11) is 1.96. The van der Waals surface area contributed by atoms with Gasteiger partial charge in [-0.05, 0) is 42.6 Å². The maximum atomic E-state index is 12.4. The molecule has 2 aromatic carbocycles. The Hall–Kier alpha value is -2.46. The average Bonchev–Trinajstić information content (AvgIpc) is 2.79. The number of benzene rings is 2. The smallest absolute Gasteiger partial charge is 0.291 e. The minimum Gasteiger partial charge on any atom is -0.291 e. The molecular weight excluding hydrogens is 324 g/mol. The van der Waals surface area contributed by atoms with Crippen LogP contribution in [0.15, 0.2) is 42.5 Å². The van der Waals surface area contributed by atoms with Gasteiger partial charge in [0.2, 0.25) is 0 Å². The third-order valence-corrected chi connectivity index (χ3v) is 4.78. The fraction of sp³-hybridized carbons (Fsp3) is 0.364. The maximum absolute atomic E-state index is 12.4. The van der Waals surface area contributed by atoms with E-state index in [0.717, 1.165) is 5.56 Å². The normalized spacial score (nSPS) is 14.3. The summed E-state index contributed by atoms with van der Waals surface area (Å²) in [5, 5.41) is 0. The van der Waals surface area contributed by atoms with Gasteiger partial charge in [0.05, 0.1) is 17.9 Å². The molecule has 0 radical (unpaired) electrons. The number of hydrogen-bond acceptors (Lipinski definition) is 3. The van der Waals surface area contributed by atoms with E-state index in [1.807, 2.05) is 31.0 Å². The number of rotatable bonds is 4. The van der Waals surface area contributed by atoms with Crippen LogP contribution in [-0.4, -0.2) is 30.3 Å². The summed E-state index contributed by atoms with van der Waals surface area (Å²) in [4.78, 5) is 28.2. The first-order valence-electron chi connectivity index (χ1n) is 8.91. The van der Waals surface area contributed by atoms with Gasteiger partial charge in [0.25, 0.3) is 5.78 Å². The average molecular weight is 350 g/mol. The number of hydrogen-bond donors (Lipinski definition) is 0. The standard InChI is InChI=1S/C22H26N2O2/c1-15-6-11-19-18(12-15)20(25)21(26)24(19)14-23(5)13-16-7-9-17(10-8-16)22(2,3)4/h6-12H,13-14H2,1-5H3. The van der Waals surface area contributed by atoms with Gasteiger partial charge in [0, 0.05) is 6.54 Å². The quantitative estimate of drug-likeness (QED) is 0.785. The summed E-state index contributed by atoms with van der Waals surface area (Å²) in [5.41, 5.74) is 4.82. The van der Waals surface area contributed by atoms with Crippen molar-refractivity contribution >= 4 is 17.4 Å². The van der Waals surface area contributed by atoms with E-state index in [9.17, 15) is 9.59 Å². The number of Topliss-reactive ketones (excluding diaryl/α,β-unsaturated/α-hetero) is 1. The number of carbonyl (C=O) groups is 2. The van der Waals surface area contributed by atoms with E-state index in [4.69, 9.17) is 0 Å². The highest BCUT2D eigenvalue weighted by Crippen LogP contribution is 2.30. The van der Waals surface area contributed by atoms with Gasteiger partial charge in [-0.15, -0.1) is 0 Å². The largest absolute Gasteiger partial charge is 0.300 e. The fourth-order valence-electron chi connectivity index (χ4n) is 3.27. The Morgan fingerprint density at radius 3 is 2.27 bits per heavy atom. The maximum Gasteiger partial charge on any atom is 0.300 e. The van der Waals surface area contributed by atoms with E-state index >= 15 is 0 Å². The lowest BCUT2D eigenvalue weighted by Gasteiger charge is -2.25. The Kier molecular flexibility index (Phi) is 4.72. The lowest BCUT2D eigenvalue weighted by molar-refractivity contribution is -0.114. The molecule has 0 unspecified atom stereocenters. The molecule has 0 bridgehead atoms. The van der Waals surface area contributed by atoms with Crippen molar-refractivity contribution in [3.05, 3.63) is 64.7 Å². The molecule has 0 aliphatic carbocycles. The van der Waals surface area contributed by atoms with Gasteiger partial charge in [-0.3, -0.25) is 19.4 Å². The second-order valence-corrected chi connectivity index (χ2v) is 8.19. The van der Waals surface area contributed by atoms with Crippen LogP contribution in [0, 0.1) is 6.92 Å². The van der Waals surface area contributed by atoms with Gasteiger partial charge in [-0.25, -0.2) is 0 Å². The molecule has 4 nitrogen and oxygen atoms in total. The van der Waals surface area contributed by atoms with Crippen molar-refractivity contribution in [2.75, 3.05) is 18.6 Å². The van der Waals surface area contributed by atoms with Crippen LogP contribution in [0.5, 0.6) is 0 Å². The van der Waals surface area contributed by atoms with Crippen LogP contribution >= 0.6 is 0 Å². The molecule has 2 aromatic rings. The second-order valence-electron chi connectivity index (χ2n) is 8.19. The molecule has 3 rings (SSSR count). The highest BCUT2D eigenvalue weighted by Gasteiger charge is 2.36. The third-order valence-electron chi connectivity index (χ3n) is 4.78. The van der Waals surface area contributed by atoms with Gasteiger partial charge in [0.15, 0.2) is 0 Å². The summed E-state index contributed by atoms with van der Waals surface area (Å²) in [6, 6.07) is 14.2. The van der Waals surface area contributed by atoms with E-state index in [1.165, 1.54) is 11.1 Å². The molecule has 1 amide bonds. The predicted molar refractivity (Wildman–Crippen MR) is 104 cm³/mol. The highest BCUT2D eigenvalue weighted by molar-refractivity contribution is 6.52. The van der Waals surface area contributed by atoms with Crippen molar-refractivity contribution in [1.82, 2.24) is 4.90 Å². The molecule has 0 N–H and O–H groups in total. The van der Waals surface area contributed by atoms with Gasteiger partial charge in [-0.2, -0.15) is 0 Å². The second kappa shape index (κ2) is 6.69. The van der Waals surface area contributed by atoms with E-state index in [1.54, 1.807) is 11.0 Å². The van der Waals surface area contributed by atoms with Crippen LogP contribution in [0.3, 0.4) is 0 Å². The van der Waals surface area contributed by atoms with E-state index in [0.29, 0.717) is 24.5 Å². The highest BCUT2D eigenvalue weighted by atomic mass is 16.2. The van der Waals surface area contributed by atoms with Crippen LogP contribution in [0.4, 0.5) is 5.69 Å². The number of aryl methyl sites for hydroxylation is 1. The van der Waals surface area contributed by atoms with Gasteiger partial charge < -0.3 is 0 Å². The van der Waals surface area contributed by atoms with Crippen LogP contribution in [-0.2, 0) is 16.8 Å². The fourth-order valence-corrected chi connectivity index (χ4v) is 3.27. The van der Waals surface area contributed by atoms with Crippen molar-refractivity contribution in [3.8, 4) is 0 Å². The minimum atomic E-state index is -0.444. The first-order chi connectivity index (χ1) is 12.2. The first-order valence-corrected chi connectivity index (χ1v) is 8.91. The van der Waals surface area contributed by atoms with Crippen LogP contribution < -0.4 is 4.90 Å². The van der Waals surface area contributed by atoms with Gasteiger partial charge >= 0.3 is 5.91 Å². The van der Waals surface area contributed by atoms with Crippen molar-refractivity contribution in [2.45, 2.75) is 39.7 Å². The molecule has 1 aliphatic rings. The summed E-state index contributed by atoms with van der Waals surface area (Å²) < 4.78 is 0. The minimum absolute atomic E-state index is 0.134. The van der Waals surface area contributed by atoms with Gasteiger partial charge in [-0.1, -0.05) is 56.7 Å². The molecular formula is C22H26N2O2. The number of carbonyl (C=O) groups excluding carboxylic acids is 2. The zero-order chi connectivity index (χ0) is 19.1. The van der Waals surface area contributed by atoms with Crippen molar-refractivity contribution in [3.63, 3.8) is 0 Å². The Labute approximate surface area is 155 Å². The van der Waals surface area contributed by atoms with Crippen molar-refractivity contribution in [2.24, 2.45) is 0 Å². The molecule has 0 saturated carbocycles. The van der Waals surface area contributed by atoms with Crippen molar-refractivity contribution < 1.29 is 9.59 Å². The Bertz CT molecular complexity index is 847. The van der Waals surface area contributed by atoms with E-state index in [2.05, 4.69) is 45.0 Å². The van der Waals surface area contributed by atoms with Crippen molar-refractivity contribution in [1.29, 1.82) is 0 Å². The number of fused-ring (bicyclic) bond motifs is 1. The van der Waals surface area contributed by atoms with Crippen LogP contribution in [0.25, 0.3) is 0 Å². The zero-order valence-corrected chi connectivity index (χ0v) is 16.2. The number of nitrogens with zero attached hydrogens (tertiary/aromatic N) is 2. The summed E-state index contributed by atoms with van der Waals surface area (Å²) in [5.74, 6) is -0.854. The Morgan fingerprint density at radius 2 is 1.65 bits per heavy atom. The number of ketones is 1. The molecule has 4 heteroatoms. The van der Waals surface area contributed by atoms with Crippen LogP contribution in [0.2, 0.25) is 0 Å². The molecule has 0 saturated heterocycles.